The molecule has 1 aliphatic heterocycles. The molecule has 2 aromatic heterocycles. The zero-order chi connectivity index (χ0) is 20.6. The molecule has 1 fully saturated rings. The van der Waals surface area contributed by atoms with Crippen LogP contribution in [0.15, 0.2) is 53.2 Å². The molecule has 0 spiro atoms. The molecule has 0 bridgehead atoms. The quantitative estimate of drug-likeness (QED) is 0.527. The van der Waals surface area contributed by atoms with Gasteiger partial charge in [-0.25, -0.2) is 4.98 Å². The smallest absolute Gasteiger partial charge is 0.323 e. The number of morpholine rings is 1. The van der Waals surface area contributed by atoms with Gasteiger partial charge in [-0.3, -0.25) is 9.47 Å². The highest BCUT2D eigenvalue weighted by Crippen LogP contribution is 2.15. The summed E-state index contributed by atoms with van der Waals surface area (Å²) in [5, 5.41) is 8.42. The Bertz CT molecular complexity index is 971. The van der Waals surface area contributed by atoms with E-state index in [0.717, 1.165) is 38.4 Å². The summed E-state index contributed by atoms with van der Waals surface area (Å²) in [5.74, 6) is 0.580. The number of imidazole rings is 1. The second-order valence-electron chi connectivity index (χ2n) is 6.88. The molecule has 0 amide bonds. The number of ether oxygens (including phenoxy) is 2. The summed E-state index contributed by atoms with van der Waals surface area (Å²) in [6.45, 7) is 7.04. The molecule has 0 N–H and O–H groups in total. The van der Waals surface area contributed by atoms with Gasteiger partial charge in [0.25, 0.3) is 5.95 Å². The summed E-state index contributed by atoms with van der Waals surface area (Å²) in [5.41, 5.74) is 2.26. The average molecular weight is 408 g/mol. The molecule has 3 aromatic rings. The third kappa shape index (κ3) is 5.65. The number of aryl methyl sites for hydroxylation is 1. The third-order valence-electron chi connectivity index (χ3n) is 4.56. The first-order chi connectivity index (χ1) is 14.8. The highest BCUT2D eigenvalue weighted by atomic mass is 16.5. The first-order valence-electron chi connectivity index (χ1n) is 9.86. The topological polar surface area (TPSA) is 103 Å². The zero-order valence-corrected chi connectivity index (χ0v) is 16.9. The first kappa shape index (κ1) is 20.0. The van der Waals surface area contributed by atoms with Crippen molar-refractivity contribution in [1.82, 2.24) is 29.4 Å². The van der Waals surface area contributed by atoms with Gasteiger partial charge in [0.05, 0.1) is 19.8 Å². The molecule has 0 atom stereocenters. The molecular formula is C20H24N8O2. The van der Waals surface area contributed by atoms with E-state index in [4.69, 9.17) is 9.47 Å². The van der Waals surface area contributed by atoms with E-state index in [1.54, 1.807) is 23.3 Å². The summed E-state index contributed by atoms with van der Waals surface area (Å²) in [6, 6.07) is 8.34. The summed E-state index contributed by atoms with van der Waals surface area (Å²) in [7, 11) is 0. The van der Waals surface area contributed by atoms with Gasteiger partial charge in [-0.1, -0.05) is 29.8 Å². The number of hydrogen-bond donors (Lipinski definition) is 0. The molecule has 3 heterocycles. The van der Waals surface area contributed by atoms with Gasteiger partial charge in [0.2, 0.25) is 5.95 Å². The Labute approximate surface area is 174 Å². The van der Waals surface area contributed by atoms with Gasteiger partial charge >= 0.3 is 6.01 Å². The summed E-state index contributed by atoms with van der Waals surface area (Å²) < 4.78 is 12.8. The molecule has 156 valence electrons. The predicted octanol–water partition coefficient (Wildman–Crippen LogP) is 2.36. The van der Waals surface area contributed by atoms with Crippen LogP contribution in [0.2, 0.25) is 0 Å². The van der Waals surface area contributed by atoms with E-state index in [1.807, 2.05) is 25.1 Å². The van der Waals surface area contributed by atoms with Crippen molar-refractivity contribution in [2.45, 2.75) is 13.5 Å². The molecule has 0 aliphatic carbocycles. The maximum atomic E-state index is 5.79. The van der Waals surface area contributed by atoms with E-state index in [1.165, 1.54) is 5.56 Å². The Morgan fingerprint density at radius 3 is 2.87 bits per heavy atom. The van der Waals surface area contributed by atoms with Crippen LogP contribution in [-0.4, -0.2) is 68.9 Å². The summed E-state index contributed by atoms with van der Waals surface area (Å²) in [6.07, 6.45) is 5.02. The van der Waals surface area contributed by atoms with Gasteiger partial charge in [0.15, 0.2) is 0 Å². The predicted molar refractivity (Wildman–Crippen MR) is 109 cm³/mol. The normalized spacial score (nSPS) is 15.0. The molecule has 10 nitrogen and oxygen atoms in total. The van der Waals surface area contributed by atoms with Crippen LogP contribution in [0, 0.1) is 6.92 Å². The maximum absolute atomic E-state index is 5.79. The number of aromatic nitrogens is 5. The third-order valence-corrected chi connectivity index (χ3v) is 4.56. The van der Waals surface area contributed by atoms with Crippen LogP contribution in [0.5, 0.6) is 6.01 Å². The fourth-order valence-electron chi connectivity index (χ4n) is 3.02. The number of hydrogen-bond acceptors (Lipinski definition) is 9. The van der Waals surface area contributed by atoms with Crippen LogP contribution in [0.4, 0.5) is 5.95 Å². The van der Waals surface area contributed by atoms with E-state index in [0.29, 0.717) is 19.1 Å². The molecule has 30 heavy (non-hydrogen) atoms. The van der Waals surface area contributed by atoms with Crippen molar-refractivity contribution in [1.29, 1.82) is 0 Å². The molecule has 1 aliphatic rings. The van der Waals surface area contributed by atoms with E-state index in [2.05, 4.69) is 41.1 Å². The Kier molecular flexibility index (Phi) is 6.68. The van der Waals surface area contributed by atoms with E-state index in [9.17, 15) is 0 Å². The van der Waals surface area contributed by atoms with Crippen LogP contribution < -0.4 is 4.74 Å². The number of azo groups is 1. The highest BCUT2D eigenvalue weighted by molar-refractivity contribution is 5.25. The van der Waals surface area contributed by atoms with Gasteiger partial charge in [0, 0.05) is 32.0 Å². The highest BCUT2D eigenvalue weighted by Gasteiger charge is 2.12. The lowest BCUT2D eigenvalue weighted by Gasteiger charge is -2.26. The van der Waals surface area contributed by atoms with Gasteiger partial charge in [-0.2, -0.15) is 20.1 Å². The fourth-order valence-corrected chi connectivity index (χ4v) is 3.02. The Morgan fingerprint density at radius 1 is 1.17 bits per heavy atom. The van der Waals surface area contributed by atoms with Crippen LogP contribution in [0.25, 0.3) is 5.95 Å². The van der Waals surface area contributed by atoms with Gasteiger partial charge in [-0.05, 0) is 12.5 Å². The minimum atomic E-state index is 0.197. The zero-order valence-electron chi connectivity index (χ0n) is 16.9. The molecule has 10 heteroatoms. The largest absolute Gasteiger partial charge is 0.462 e. The van der Waals surface area contributed by atoms with Crippen LogP contribution in [-0.2, 0) is 11.3 Å². The SMILES string of the molecule is Cc1cccc(CN=Nc2nc(OCCN3CCOCC3)nc(-n3ccnc3)n2)c1. The van der Waals surface area contributed by atoms with E-state index >= 15 is 0 Å². The monoisotopic (exact) mass is 408 g/mol. The molecule has 4 rings (SSSR count). The maximum Gasteiger partial charge on any atom is 0.323 e. The van der Waals surface area contributed by atoms with E-state index < -0.39 is 0 Å². The molecule has 1 saturated heterocycles. The van der Waals surface area contributed by atoms with Gasteiger partial charge in [0.1, 0.15) is 12.9 Å². The van der Waals surface area contributed by atoms with Crippen LogP contribution in [0.3, 0.4) is 0 Å². The van der Waals surface area contributed by atoms with Crippen molar-refractivity contribution in [3.8, 4) is 12.0 Å². The lowest BCUT2D eigenvalue weighted by molar-refractivity contribution is 0.0317. The van der Waals surface area contributed by atoms with E-state index in [-0.39, 0.29) is 12.0 Å². The standard InChI is InChI=1S/C20H24N8O2/c1-16-3-2-4-17(13-16)14-22-26-18-23-19(28-6-5-21-15-28)25-20(24-18)30-12-9-27-7-10-29-11-8-27/h2-6,13,15H,7-12,14H2,1H3. The van der Waals surface area contributed by atoms with Crippen molar-refractivity contribution < 1.29 is 9.47 Å². The Hall–Kier alpha value is -3.24. The van der Waals surface area contributed by atoms with Gasteiger partial charge < -0.3 is 9.47 Å². The van der Waals surface area contributed by atoms with Crippen molar-refractivity contribution in [3.05, 3.63) is 54.1 Å². The van der Waals surface area contributed by atoms with Crippen LogP contribution in [0.1, 0.15) is 11.1 Å². The van der Waals surface area contributed by atoms with Crippen molar-refractivity contribution >= 4 is 5.95 Å². The number of nitrogens with zero attached hydrogens (tertiary/aromatic N) is 8. The Balaban J connectivity index is 1.45. The van der Waals surface area contributed by atoms with Crippen LogP contribution >= 0.6 is 0 Å². The second kappa shape index (κ2) is 9.99. The summed E-state index contributed by atoms with van der Waals surface area (Å²) in [4.78, 5) is 19.3. The van der Waals surface area contributed by atoms with Crippen molar-refractivity contribution in [2.75, 3.05) is 39.5 Å². The minimum absolute atomic E-state index is 0.197. The number of benzene rings is 1. The summed E-state index contributed by atoms with van der Waals surface area (Å²) >= 11 is 0. The lowest BCUT2D eigenvalue weighted by Crippen LogP contribution is -2.38. The lowest BCUT2D eigenvalue weighted by atomic mass is 10.1. The number of rotatable bonds is 8. The van der Waals surface area contributed by atoms with Crippen molar-refractivity contribution in [3.63, 3.8) is 0 Å². The molecule has 0 radical (unpaired) electrons. The Morgan fingerprint density at radius 2 is 2.07 bits per heavy atom. The molecule has 1 aromatic carbocycles. The molecular weight excluding hydrogens is 384 g/mol. The molecule has 0 saturated carbocycles. The average Bonchev–Trinajstić information content (AvgIpc) is 3.30. The fraction of sp³-hybridized carbons (Fsp3) is 0.400. The molecule has 0 unspecified atom stereocenters. The van der Waals surface area contributed by atoms with Crippen molar-refractivity contribution in [2.24, 2.45) is 10.2 Å². The van der Waals surface area contributed by atoms with Gasteiger partial charge in [-0.15, -0.1) is 5.11 Å². The first-order valence-corrected chi connectivity index (χ1v) is 9.86. The minimum Gasteiger partial charge on any atom is -0.462 e. The second-order valence-corrected chi connectivity index (χ2v) is 6.88.